The summed E-state index contributed by atoms with van der Waals surface area (Å²) in [4.78, 5) is 0. The van der Waals surface area contributed by atoms with Crippen molar-refractivity contribution in [2.75, 3.05) is 12.3 Å². The highest BCUT2D eigenvalue weighted by Crippen LogP contribution is 2.24. The lowest BCUT2D eigenvalue weighted by Crippen LogP contribution is -2.03. The second-order valence-corrected chi connectivity index (χ2v) is 4.84. The summed E-state index contributed by atoms with van der Waals surface area (Å²) in [5.41, 5.74) is 7.50. The first kappa shape index (κ1) is 12.9. The third kappa shape index (κ3) is 3.40. The van der Waals surface area contributed by atoms with E-state index in [0.29, 0.717) is 0 Å². The highest BCUT2D eigenvalue weighted by atomic mass is 35.5. The first-order chi connectivity index (χ1) is 7.20. The number of aromatic nitrogens is 2. The highest BCUT2D eigenvalue weighted by Gasteiger charge is 2.11. The molecule has 15 heavy (non-hydrogen) atoms. The number of rotatable bonds is 6. The minimum Gasteiger partial charge on any atom is -0.330 e. The molecule has 0 atom stereocenters. The average molecular weight is 248 g/mol. The number of nitrogens with two attached hydrogens (primary N) is 1. The van der Waals surface area contributed by atoms with Gasteiger partial charge in [-0.15, -0.1) is 0 Å². The average Bonchev–Trinajstić information content (AvgIpc) is 2.51. The fourth-order valence-corrected chi connectivity index (χ4v) is 2.64. The van der Waals surface area contributed by atoms with E-state index >= 15 is 0 Å². The standard InChI is InChI=1S/C10H18ClN3S/c1-3-14-9(7-15-6-4-5-12)10(11)8(2)13-14/h3-7,12H2,1-2H3. The van der Waals surface area contributed by atoms with Crippen LogP contribution in [-0.4, -0.2) is 22.1 Å². The highest BCUT2D eigenvalue weighted by molar-refractivity contribution is 7.98. The van der Waals surface area contributed by atoms with Crippen LogP contribution in [0.1, 0.15) is 24.7 Å². The molecule has 0 amide bonds. The van der Waals surface area contributed by atoms with Crippen LogP contribution in [0.2, 0.25) is 5.02 Å². The van der Waals surface area contributed by atoms with Crippen LogP contribution in [0.5, 0.6) is 0 Å². The molecule has 0 spiro atoms. The van der Waals surface area contributed by atoms with Crippen molar-refractivity contribution < 1.29 is 0 Å². The van der Waals surface area contributed by atoms with E-state index in [0.717, 1.165) is 47.4 Å². The number of hydrogen-bond donors (Lipinski definition) is 1. The summed E-state index contributed by atoms with van der Waals surface area (Å²) in [7, 11) is 0. The summed E-state index contributed by atoms with van der Waals surface area (Å²) in [6.45, 7) is 5.66. The summed E-state index contributed by atoms with van der Waals surface area (Å²) in [5, 5.41) is 5.19. The molecule has 1 rings (SSSR count). The van der Waals surface area contributed by atoms with Crippen molar-refractivity contribution in [1.82, 2.24) is 9.78 Å². The molecule has 5 heteroatoms. The molecular weight excluding hydrogens is 230 g/mol. The van der Waals surface area contributed by atoms with Gasteiger partial charge in [-0.2, -0.15) is 16.9 Å². The van der Waals surface area contributed by atoms with Gasteiger partial charge in [0, 0.05) is 12.3 Å². The Kier molecular flexibility index (Phi) is 5.50. The van der Waals surface area contributed by atoms with Crippen LogP contribution in [-0.2, 0) is 12.3 Å². The van der Waals surface area contributed by atoms with Crippen molar-refractivity contribution >= 4 is 23.4 Å². The van der Waals surface area contributed by atoms with E-state index in [-0.39, 0.29) is 0 Å². The SMILES string of the molecule is CCn1nc(C)c(Cl)c1CSCCCN. The summed E-state index contributed by atoms with van der Waals surface area (Å²) in [6, 6.07) is 0. The molecule has 0 aliphatic carbocycles. The van der Waals surface area contributed by atoms with Crippen LogP contribution in [0.15, 0.2) is 0 Å². The van der Waals surface area contributed by atoms with Gasteiger partial charge in [0.05, 0.1) is 16.4 Å². The second kappa shape index (κ2) is 6.40. The van der Waals surface area contributed by atoms with Crippen molar-refractivity contribution in [2.45, 2.75) is 32.6 Å². The van der Waals surface area contributed by atoms with E-state index in [2.05, 4.69) is 12.0 Å². The predicted molar refractivity (Wildman–Crippen MR) is 67.5 cm³/mol. The van der Waals surface area contributed by atoms with Crippen LogP contribution in [0, 0.1) is 6.92 Å². The topological polar surface area (TPSA) is 43.8 Å². The molecule has 1 heterocycles. The second-order valence-electron chi connectivity index (χ2n) is 3.36. The first-order valence-electron chi connectivity index (χ1n) is 5.20. The maximum absolute atomic E-state index is 6.18. The van der Waals surface area contributed by atoms with E-state index in [1.165, 1.54) is 0 Å². The first-order valence-corrected chi connectivity index (χ1v) is 6.73. The third-order valence-electron chi connectivity index (χ3n) is 2.18. The number of hydrogen-bond acceptors (Lipinski definition) is 3. The lowest BCUT2D eigenvalue weighted by atomic mass is 10.4. The lowest BCUT2D eigenvalue weighted by Gasteiger charge is -2.04. The largest absolute Gasteiger partial charge is 0.330 e. The van der Waals surface area contributed by atoms with Crippen LogP contribution < -0.4 is 5.73 Å². The summed E-state index contributed by atoms with van der Waals surface area (Å²) in [6.07, 6.45) is 1.06. The Morgan fingerprint density at radius 2 is 2.27 bits per heavy atom. The number of thioether (sulfide) groups is 1. The molecule has 1 aromatic heterocycles. The molecule has 0 aromatic carbocycles. The van der Waals surface area contributed by atoms with Crippen LogP contribution in [0.25, 0.3) is 0 Å². The molecule has 0 radical (unpaired) electrons. The fraction of sp³-hybridized carbons (Fsp3) is 0.700. The Labute approximate surface area is 100 Å². The monoisotopic (exact) mass is 247 g/mol. The summed E-state index contributed by atoms with van der Waals surface area (Å²) >= 11 is 8.05. The molecule has 86 valence electrons. The molecule has 0 fully saturated rings. The van der Waals surface area contributed by atoms with Crippen LogP contribution in [0.3, 0.4) is 0 Å². The van der Waals surface area contributed by atoms with Crippen molar-refractivity contribution in [1.29, 1.82) is 0 Å². The van der Waals surface area contributed by atoms with E-state index in [1.54, 1.807) is 0 Å². The molecule has 1 aromatic rings. The molecule has 0 unspecified atom stereocenters. The maximum atomic E-state index is 6.18. The molecular formula is C10H18ClN3S. The Balaban J connectivity index is 2.58. The molecule has 0 aliphatic rings. The van der Waals surface area contributed by atoms with Crippen molar-refractivity contribution in [3.8, 4) is 0 Å². The van der Waals surface area contributed by atoms with Crippen molar-refractivity contribution in [3.63, 3.8) is 0 Å². The van der Waals surface area contributed by atoms with Gasteiger partial charge in [0.15, 0.2) is 0 Å². The summed E-state index contributed by atoms with van der Waals surface area (Å²) in [5.74, 6) is 2.01. The quantitative estimate of drug-likeness (QED) is 0.786. The van der Waals surface area contributed by atoms with E-state index in [9.17, 15) is 0 Å². The van der Waals surface area contributed by atoms with Gasteiger partial charge in [-0.05, 0) is 32.6 Å². The van der Waals surface area contributed by atoms with Crippen LogP contribution in [0.4, 0.5) is 0 Å². The molecule has 2 N–H and O–H groups in total. The van der Waals surface area contributed by atoms with Gasteiger partial charge in [0.1, 0.15) is 0 Å². The number of aryl methyl sites for hydroxylation is 2. The van der Waals surface area contributed by atoms with Gasteiger partial charge in [-0.3, -0.25) is 4.68 Å². The molecule has 0 saturated carbocycles. The molecule has 0 aliphatic heterocycles. The Morgan fingerprint density at radius 3 is 2.87 bits per heavy atom. The van der Waals surface area contributed by atoms with Gasteiger partial charge in [0.2, 0.25) is 0 Å². The van der Waals surface area contributed by atoms with Crippen molar-refractivity contribution in [2.24, 2.45) is 5.73 Å². The summed E-state index contributed by atoms with van der Waals surface area (Å²) < 4.78 is 1.98. The Morgan fingerprint density at radius 1 is 1.53 bits per heavy atom. The van der Waals surface area contributed by atoms with Gasteiger partial charge >= 0.3 is 0 Å². The molecule has 0 bridgehead atoms. The minimum absolute atomic E-state index is 0.757. The maximum Gasteiger partial charge on any atom is 0.0855 e. The zero-order valence-corrected chi connectivity index (χ0v) is 10.9. The molecule has 3 nitrogen and oxygen atoms in total. The zero-order chi connectivity index (χ0) is 11.3. The third-order valence-corrected chi connectivity index (χ3v) is 3.73. The van der Waals surface area contributed by atoms with Gasteiger partial charge in [-0.25, -0.2) is 0 Å². The molecule has 0 saturated heterocycles. The Hall–Kier alpha value is -0.190. The van der Waals surface area contributed by atoms with Gasteiger partial charge in [-0.1, -0.05) is 11.6 Å². The van der Waals surface area contributed by atoms with E-state index < -0.39 is 0 Å². The lowest BCUT2D eigenvalue weighted by molar-refractivity contribution is 0.632. The number of halogens is 1. The van der Waals surface area contributed by atoms with E-state index in [4.69, 9.17) is 17.3 Å². The Bertz CT molecular complexity index is 312. The zero-order valence-electron chi connectivity index (χ0n) is 9.29. The fourth-order valence-electron chi connectivity index (χ4n) is 1.36. The van der Waals surface area contributed by atoms with Gasteiger partial charge < -0.3 is 5.73 Å². The van der Waals surface area contributed by atoms with E-state index in [1.807, 2.05) is 23.4 Å². The van der Waals surface area contributed by atoms with Crippen LogP contribution >= 0.6 is 23.4 Å². The smallest absolute Gasteiger partial charge is 0.0855 e. The number of nitrogens with zero attached hydrogens (tertiary/aromatic N) is 2. The van der Waals surface area contributed by atoms with Crippen molar-refractivity contribution in [3.05, 3.63) is 16.4 Å². The minimum atomic E-state index is 0.757. The predicted octanol–water partition coefficient (Wildman–Crippen LogP) is 2.45. The normalized spacial score (nSPS) is 10.9. The van der Waals surface area contributed by atoms with Gasteiger partial charge in [0.25, 0.3) is 0 Å².